The third kappa shape index (κ3) is 9.39. The molecule has 0 atom stereocenters. The second-order valence-corrected chi connectivity index (χ2v) is 6.26. The minimum absolute atomic E-state index is 0. The van der Waals surface area contributed by atoms with Gasteiger partial charge >= 0.3 is 6.36 Å². The van der Waals surface area contributed by atoms with Crippen molar-refractivity contribution in [3.63, 3.8) is 0 Å². The third-order valence-electron chi connectivity index (χ3n) is 3.99. The van der Waals surface area contributed by atoms with Crippen molar-refractivity contribution >= 4 is 29.9 Å². The van der Waals surface area contributed by atoms with Gasteiger partial charge in [0.2, 0.25) is 0 Å². The van der Waals surface area contributed by atoms with Crippen LogP contribution in [0.3, 0.4) is 0 Å². The molecule has 0 aromatic heterocycles. The second kappa shape index (κ2) is 13.9. The Hall–Kier alpha value is -2.41. The van der Waals surface area contributed by atoms with E-state index in [1.165, 1.54) is 19.2 Å². The summed E-state index contributed by atoms with van der Waals surface area (Å²) in [6.45, 7) is 2.89. The summed E-state index contributed by atoms with van der Waals surface area (Å²) >= 11 is 0. The van der Waals surface area contributed by atoms with E-state index in [1.807, 2.05) is 13.0 Å². The summed E-state index contributed by atoms with van der Waals surface area (Å²) in [7, 11) is 1.51. The third-order valence-corrected chi connectivity index (χ3v) is 3.99. The highest BCUT2D eigenvalue weighted by atomic mass is 127. The highest BCUT2D eigenvalue weighted by Crippen LogP contribution is 2.28. The van der Waals surface area contributed by atoms with Gasteiger partial charge < -0.3 is 30.0 Å². The molecule has 2 rings (SSSR count). The van der Waals surface area contributed by atoms with Crippen LogP contribution in [0.25, 0.3) is 0 Å². The maximum atomic E-state index is 12.6. The fraction of sp³-hybridized carbons (Fsp3) is 0.381. The number of aliphatic hydroxyl groups is 1. The van der Waals surface area contributed by atoms with Crippen LogP contribution >= 0.6 is 24.0 Å². The molecule has 0 saturated heterocycles. The lowest BCUT2D eigenvalue weighted by Crippen LogP contribution is -2.37. The molecule has 11 heteroatoms. The Labute approximate surface area is 202 Å². The number of aliphatic imine (C=N–C) groups is 1. The Morgan fingerprint density at radius 3 is 2.47 bits per heavy atom. The van der Waals surface area contributed by atoms with Crippen molar-refractivity contribution in [3.8, 4) is 17.2 Å². The highest BCUT2D eigenvalue weighted by molar-refractivity contribution is 14.0. The van der Waals surface area contributed by atoms with Crippen LogP contribution < -0.4 is 24.8 Å². The van der Waals surface area contributed by atoms with Gasteiger partial charge in [-0.05, 0) is 30.7 Å². The monoisotopic (exact) mass is 569 g/mol. The van der Waals surface area contributed by atoms with Crippen LogP contribution in [-0.4, -0.2) is 44.3 Å². The number of nitrogens with one attached hydrogen (secondary N) is 2. The van der Waals surface area contributed by atoms with E-state index >= 15 is 0 Å². The van der Waals surface area contributed by atoms with Crippen molar-refractivity contribution < 1.29 is 32.5 Å². The molecule has 0 radical (unpaired) electrons. The van der Waals surface area contributed by atoms with E-state index in [2.05, 4.69) is 20.4 Å². The van der Waals surface area contributed by atoms with Crippen molar-refractivity contribution in [2.24, 2.45) is 4.99 Å². The van der Waals surface area contributed by atoms with Gasteiger partial charge in [0.25, 0.3) is 0 Å². The summed E-state index contributed by atoms with van der Waals surface area (Å²) in [6, 6.07) is 11.2. The zero-order chi connectivity index (χ0) is 22.7. The summed E-state index contributed by atoms with van der Waals surface area (Å²) in [4.78, 5) is 4.47. The highest BCUT2D eigenvalue weighted by Gasteiger charge is 2.31. The number of guanidine groups is 1. The molecular formula is C21H27F3IN3O4. The number of ether oxygens (including phenoxy) is 3. The zero-order valence-electron chi connectivity index (χ0n) is 17.7. The number of alkyl halides is 3. The van der Waals surface area contributed by atoms with Gasteiger partial charge in [-0.3, -0.25) is 0 Å². The Bertz CT molecular complexity index is 866. The molecule has 2 aromatic carbocycles. The lowest BCUT2D eigenvalue weighted by molar-refractivity contribution is -0.274. The number of para-hydroxylation sites is 1. The molecule has 7 nitrogen and oxygen atoms in total. The van der Waals surface area contributed by atoms with Crippen LogP contribution in [0.5, 0.6) is 17.2 Å². The second-order valence-electron chi connectivity index (χ2n) is 6.26. The van der Waals surface area contributed by atoms with Gasteiger partial charge in [0.15, 0.2) is 17.5 Å². The van der Waals surface area contributed by atoms with Crippen LogP contribution in [0, 0.1) is 0 Å². The van der Waals surface area contributed by atoms with Gasteiger partial charge in [-0.25, -0.2) is 4.99 Å². The average molecular weight is 569 g/mol. The van der Waals surface area contributed by atoms with Crippen molar-refractivity contribution in [2.75, 3.05) is 26.9 Å². The first-order valence-corrected chi connectivity index (χ1v) is 9.62. The molecule has 0 aliphatic carbocycles. The number of benzene rings is 2. The fourth-order valence-electron chi connectivity index (χ4n) is 2.65. The van der Waals surface area contributed by atoms with Gasteiger partial charge in [-0.2, -0.15) is 0 Å². The molecule has 2 aromatic rings. The van der Waals surface area contributed by atoms with E-state index in [1.54, 1.807) is 24.3 Å². The van der Waals surface area contributed by atoms with E-state index in [9.17, 15) is 13.2 Å². The normalized spacial score (nSPS) is 11.4. The lowest BCUT2D eigenvalue weighted by Gasteiger charge is -2.15. The number of halogens is 4. The Morgan fingerprint density at radius 1 is 1.06 bits per heavy atom. The smallest absolute Gasteiger partial charge is 0.493 e. The SMILES string of the molecule is CCNC(=NCc1ccc(OCCO)c(OC)c1)NCc1ccccc1OC(F)(F)F.I. The molecule has 0 heterocycles. The summed E-state index contributed by atoms with van der Waals surface area (Å²) in [6.07, 6.45) is -4.76. The number of aliphatic hydroxyl groups excluding tert-OH is 1. The molecule has 0 spiro atoms. The first kappa shape index (κ1) is 27.6. The molecule has 0 fully saturated rings. The number of rotatable bonds is 10. The van der Waals surface area contributed by atoms with E-state index in [-0.39, 0.29) is 49.5 Å². The van der Waals surface area contributed by atoms with Gasteiger partial charge in [0.05, 0.1) is 20.3 Å². The maximum Gasteiger partial charge on any atom is 0.573 e. The first-order valence-electron chi connectivity index (χ1n) is 9.62. The average Bonchev–Trinajstić information content (AvgIpc) is 2.74. The molecular weight excluding hydrogens is 542 g/mol. The largest absolute Gasteiger partial charge is 0.573 e. The lowest BCUT2D eigenvalue weighted by atomic mass is 10.2. The van der Waals surface area contributed by atoms with E-state index in [4.69, 9.17) is 14.6 Å². The van der Waals surface area contributed by atoms with Crippen LogP contribution in [0.15, 0.2) is 47.5 Å². The van der Waals surface area contributed by atoms with E-state index in [0.717, 1.165) is 5.56 Å². The summed E-state index contributed by atoms with van der Waals surface area (Å²) < 4.78 is 52.6. The minimum Gasteiger partial charge on any atom is -0.493 e. The van der Waals surface area contributed by atoms with Gasteiger partial charge in [0.1, 0.15) is 12.4 Å². The van der Waals surface area contributed by atoms with Crippen LogP contribution in [0.2, 0.25) is 0 Å². The first-order chi connectivity index (χ1) is 14.9. The number of methoxy groups -OCH3 is 1. The summed E-state index contributed by atoms with van der Waals surface area (Å²) in [5, 5.41) is 14.9. The van der Waals surface area contributed by atoms with Gasteiger partial charge in [-0.15, -0.1) is 37.1 Å². The number of hydrogen-bond acceptors (Lipinski definition) is 5. The standard InChI is InChI=1S/C21H26F3N3O4.HI/c1-3-25-20(27-14-16-6-4-5-7-17(16)31-21(22,23)24)26-13-15-8-9-18(30-11-10-28)19(12-15)29-2;/h4-9,12,28H,3,10-11,13-14H2,1-2H3,(H2,25,26,27);1H. The van der Waals surface area contributed by atoms with Crippen molar-refractivity contribution in [1.82, 2.24) is 10.6 Å². The molecule has 32 heavy (non-hydrogen) atoms. The number of nitrogens with zero attached hydrogens (tertiary/aromatic N) is 1. The summed E-state index contributed by atoms with van der Waals surface area (Å²) in [5.41, 5.74) is 1.18. The molecule has 178 valence electrons. The van der Waals surface area contributed by atoms with Crippen LogP contribution in [-0.2, 0) is 13.1 Å². The van der Waals surface area contributed by atoms with Gasteiger partial charge in [0, 0.05) is 18.7 Å². The van der Waals surface area contributed by atoms with Crippen molar-refractivity contribution in [1.29, 1.82) is 0 Å². The molecule has 0 aliphatic rings. The van der Waals surface area contributed by atoms with Gasteiger partial charge in [-0.1, -0.05) is 24.3 Å². The molecule has 0 unspecified atom stereocenters. The zero-order valence-corrected chi connectivity index (χ0v) is 20.1. The number of hydrogen-bond donors (Lipinski definition) is 3. The molecule has 0 saturated carbocycles. The molecule has 0 aliphatic heterocycles. The summed E-state index contributed by atoms with van der Waals surface area (Å²) in [5.74, 6) is 1.19. The Balaban J connectivity index is 0.00000512. The molecule has 0 bridgehead atoms. The van der Waals surface area contributed by atoms with E-state index in [0.29, 0.717) is 36.1 Å². The molecule has 3 N–H and O–H groups in total. The predicted octanol–water partition coefficient (Wildman–Crippen LogP) is 3.84. The fourth-order valence-corrected chi connectivity index (χ4v) is 2.65. The van der Waals surface area contributed by atoms with Crippen LogP contribution in [0.1, 0.15) is 18.1 Å². The Morgan fingerprint density at radius 2 is 1.81 bits per heavy atom. The van der Waals surface area contributed by atoms with Crippen LogP contribution in [0.4, 0.5) is 13.2 Å². The minimum atomic E-state index is -4.76. The predicted molar refractivity (Wildman–Crippen MR) is 126 cm³/mol. The molecule has 0 amide bonds. The Kier molecular flexibility index (Phi) is 12.0. The van der Waals surface area contributed by atoms with E-state index < -0.39 is 6.36 Å². The maximum absolute atomic E-state index is 12.6. The topological polar surface area (TPSA) is 84.3 Å². The van der Waals surface area contributed by atoms with Crippen molar-refractivity contribution in [3.05, 3.63) is 53.6 Å². The quantitative estimate of drug-likeness (QED) is 0.229. The van der Waals surface area contributed by atoms with Crippen molar-refractivity contribution in [2.45, 2.75) is 26.4 Å².